The SMILES string of the molecule is C/C=C1/CC[C@H]2[C@@H]3CCC4C[C@H](NC)CC[C@]4(C)[C@H]3CC[C@]12C. The summed E-state index contributed by atoms with van der Waals surface area (Å²) in [4.78, 5) is 0. The quantitative estimate of drug-likeness (QED) is 0.624. The Balaban J connectivity index is 1.60. The molecule has 0 heterocycles. The van der Waals surface area contributed by atoms with E-state index in [9.17, 15) is 0 Å². The van der Waals surface area contributed by atoms with Crippen LogP contribution in [0.1, 0.15) is 78.6 Å². The fourth-order valence-electron chi connectivity index (χ4n) is 7.84. The number of hydrogen-bond donors (Lipinski definition) is 1. The van der Waals surface area contributed by atoms with Crippen LogP contribution in [0.2, 0.25) is 0 Å². The molecule has 0 aromatic rings. The molecule has 0 amide bonds. The third-order valence-electron chi connectivity index (χ3n) is 9.27. The Morgan fingerprint density at radius 2 is 1.83 bits per heavy atom. The zero-order valence-corrected chi connectivity index (χ0v) is 15.8. The van der Waals surface area contributed by atoms with Crippen molar-refractivity contribution in [2.75, 3.05) is 7.05 Å². The van der Waals surface area contributed by atoms with Crippen molar-refractivity contribution in [3.8, 4) is 0 Å². The number of hydrogen-bond acceptors (Lipinski definition) is 1. The predicted octanol–water partition coefficient (Wildman–Crippen LogP) is 5.56. The van der Waals surface area contributed by atoms with Crippen molar-refractivity contribution in [3.63, 3.8) is 0 Å². The second-order valence-corrected chi connectivity index (χ2v) is 9.73. The molecule has 23 heavy (non-hydrogen) atoms. The average molecular weight is 316 g/mol. The van der Waals surface area contributed by atoms with E-state index >= 15 is 0 Å². The number of nitrogens with one attached hydrogen (secondary N) is 1. The summed E-state index contributed by atoms with van der Waals surface area (Å²) in [7, 11) is 2.17. The van der Waals surface area contributed by atoms with E-state index < -0.39 is 0 Å². The second kappa shape index (κ2) is 5.61. The minimum Gasteiger partial charge on any atom is -0.317 e. The van der Waals surface area contributed by atoms with Gasteiger partial charge in [0.1, 0.15) is 0 Å². The molecule has 1 unspecified atom stereocenters. The lowest BCUT2D eigenvalue weighted by atomic mass is 9.45. The molecule has 0 bridgehead atoms. The van der Waals surface area contributed by atoms with Crippen LogP contribution in [0.5, 0.6) is 0 Å². The molecule has 0 aromatic heterocycles. The third kappa shape index (κ3) is 2.21. The van der Waals surface area contributed by atoms with Gasteiger partial charge in [0.2, 0.25) is 0 Å². The first-order valence-corrected chi connectivity index (χ1v) is 10.4. The molecule has 0 aliphatic heterocycles. The van der Waals surface area contributed by atoms with Crippen LogP contribution in [0.4, 0.5) is 0 Å². The molecule has 4 aliphatic rings. The molecule has 4 rings (SSSR count). The first-order valence-electron chi connectivity index (χ1n) is 10.4. The molecular weight excluding hydrogens is 278 g/mol. The molecule has 4 aliphatic carbocycles. The third-order valence-corrected chi connectivity index (χ3v) is 9.27. The van der Waals surface area contributed by atoms with Gasteiger partial charge in [0.05, 0.1) is 0 Å². The van der Waals surface area contributed by atoms with Gasteiger partial charge in [-0.3, -0.25) is 0 Å². The molecule has 0 saturated heterocycles. The molecule has 130 valence electrons. The highest BCUT2D eigenvalue weighted by atomic mass is 14.9. The van der Waals surface area contributed by atoms with E-state index in [-0.39, 0.29) is 0 Å². The van der Waals surface area contributed by atoms with Crippen molar-refractivity contribution in [3.05, 3.63) is 11.6 Å². The van der Waals surface area contributed by atoms with Crippen molar-refractivity contribution in [2.45, 2.75) is 84.6 Å². The van der Waals surface area contributed by atoms with Gasteiger partial charge >= 0.3 is 0 Å². The van der Waals surface area contributed by atoms with Gasteiger partial charge < -0.3 is 5.32 Å². The smallest absolute Gasteiger partial charge is 0.00671 e. The van der Waals surface area contributed by atoms with Gasteiger partial charge in [-0.05, 0) is 106 Å². The van der Waals surface area contributed by atoms with Crippen molar-refractivity contribution in [1.82, 2.24) is 5.32 Å². The first kappa shape index (κ1) is 16.2. The number of rotatable bonds is 1. The molecule has 4 saturated carbocycles. The fraction of sp³-hybridized carbons (Fsp3) is 0.909. The van der Waals surface area contributed by atoms with Crippen LogP contribution in [0.25, 0.3) is 0 Å². The van der Waals surface area contributed by atoms with Crippen LogP contribution in [0.3, 0.4) is 0 Å². The van der Waals surface area contributed by atoms with E-state index in [1.165, 1.54) is 57.8 Å². The normalized spacial score (nSPS) is 54.4. The fourth-order valence-corrected chi connectivity index (χ4v) is 7.84. The summed E-state index contributed by atoms with van der Waals surface area (Å²) in [6.07, 6.45) is 15.7. The molecule has 0 spiro atoms. The Labute approximate surface area is 143 Å². The van der Waals surface area contributed by atoms with Gasteiger partial charge in [-0.25, -0.2) is 0 Å². The van der Waals surface area contributed by atoms with E-state index in [1.54, 1.807) is 5.57 Å². The van der Waals surface area contributed by atoms with Crippen molar-refractivity contribution < 1.29 is 0 Å². The van der Waals surface area contributed by atoms with E-state index in [2.05, 4.69) is 39.2 Å². The van der Waals surface area contributed by atoms with Crippen molar-refractivity contribution in [2.24, 2.45) is 34.5 Å². The maximum atomic E-state index is 3.58. The van der Waals surface area contributed by atoms with Gasteiger partial charge in [-0.2, -0.15) is 0 Å². The topological polar surface area (TPSA) is 12.0 Å². The summed E-state index contributed by atoms with van der Waals surface area (Å²) in [5, 5.41) is 3.58. The Hall–Kier alpha value is -0.300. The molecule has 1 N–H and O–H groups in total. The molecule has 1 heteroatoms. The maximum Gasteiger partial charge on any atom is 0.00671 e. The average Bonchev–Trinajstić information content (AvgIpc) is 2.90. The molecular formula is C22H37N. The monoisotopic (exact) mass is 315 g/mol. The first-order chi connectivity index (χ1) is 11.0. The van der Waals surface area contributed by atoms with E-state index in [0.29, 0.717) is 10.8 Å². The van der Waals surface area contributed by atoms with Crippen LogP contribution in [-0.2, 0) is 0 Å². The minimum absolute atomic E-state index is 0.557. The van der Waals surface area contributed by atoms with Gasteiger partial charge in [0.25, 0.3) is 0 Å². The highest BCUT2D eigenvalue weighted by molar-refractivity contribution is 5.23. The van der Waals surface area contributed by atoms with Gasteiger partial charge in [0.15, 0.2) is 0 Å². The van der Waals surface area contributed by atoms with Gasteiger partial charge in [0, 0.05) is 6.04 Å². The largest absolute Gasteiger partial charge is 0.317 e. The molecule has 4 fully saturated rings. The Bertz CT molecular complexity index is 494. The lowest BCUT2D eigenvalue weighted by Crippen LogP contribution is -2.54. The lowest BCUT2D eigenvalue weighted by Gasteiger charge is -2.60. The predicted molar refractivity (Wildman–Crippen MR) is 98.3 cm³/mol. The summed E-state index contributed by atoms with van der Waals surface area (Å²) in [6, 6.07) is 0.791. The zero-order valence-electron chi connectivity index (χ0n) is 15.8. The summed E-state index contributed by atoms with van der Waals surface area (Å²) < 4.78 is 0. The number of allylic oxidation sites excluding steroid dienone is 2. The highest BCUT2D eigenvalue weighted by Gasteiger charge is 2.58. The number of fused-ring (bicyclic) bond motifs is 5. The highest BCUT2D eigenvalue weighted by Crippen LogP contribution is 2.67. The van der Waals surface area contributed by atoms with E-state index in [4.69, 9.17) is 0 Å². The Kier molecular flexibility index (Phi) is 3.95. The van der Waals surface area contributed by atoms with Crippen LogP contribution in [0.15, 0.2) is 11.6 Å². The van der Waals surface area contributed by atoms with Crippen LogP contribution in [-0.4, -0.2) is 13.1 Å². The summed E-state index contributed by atoms with van der Waals surface area (Å²) in [5.41, 5.74) is 3.00. The second-order valence-electron chi connectivity index (χ2n) is 9.73. The van der Waals surface area contributed by atoms with Crippen LogP contribution in [0, 0.1) is 34.5 Å². The molecule has 0 aromatic carbocycles. The standard InChI is InChI=1S/C22H37N/c1-5-15-7-9-19-18-8-6-16-14-17(23-4)10-12-22(16,3)20(18)11-13-21(15,19)2/h5,16-20,23H,6-14H2,1-4H3/b15-5-/t16?,17-,18+,19+,20+,21-,22+/m1/s1. The summed E-state index contributed by atoms with van der Waals surface area (Å²) in [5.74, 6) is 4.03. The van der Waals surface area contributed by atoms with Crippen molar-refractivity contribution >= 4 is 0 Å². The molecule has 7 atom stereocenters. The van der Waals surface area contributed by atoms with E-state index in [0.717, 1.165) is 29.7 Å². The van der Waals surface area contributed by atoms with Crippen molar-refractivity contribution in [1.29, 1.82) is 0 Å². The Morgan fingerprint density at radius 3 is 2.57 bits per heavy atom. The summed E-state index contributed by atoms with van der Waals surface area (Å²) >= 11 is 0. The van der Waals surface area contributed by atoms with Gasteiger partial charge in [-0.15, -0.1) is 0 Å². The van der Waals surface area contributed by atoms with Crippen LogP contribution < -0.4 is 5.32 Å². The molecule has 1 nitrogen and oxygen atoms in total. The summed E-state index contributed by atoms with van der Waals surface area (Å²) in [6.45, 7) is 7.59. The van der Waals surface area contributed by atoms with Crippen LogP contribution >= 0.6 is 0 Å². The van der Waals surface area contributed by atoms with Gasteiger partial charge in [-0.1, -0.05) is 25.5 Å². The lowest BCUT2D eigenvalue weighted by molar-refractivity contribution is -0.101. The Morgan fingerprint density at radius 1 is 1.00 bits per heavy atom. The minimum atomic E-state index is 0.557. The molecule has 0 radical (unpaired) electrons. The zero-order chi connectivity index (χ0) is 16.2. The maximum absolute atomic E-state index is 3.58. The van der Waals surface area contributed by atoms with E-state index in [1.807, 2.05) is 0 Å².